The molecule has 0 aromatic carbocycles. The van der Waals surface area contributed by atoms with E-state index in [0.717, 1.165) is 31.3 Å². The summed E-state index contributed by atoms with van der Waals surface area (Å²) >= 11 is 0. The van der Waals surface area contributed by atoms with Gasteiger partial charge in [-0.25, -0.2) is 4.57 Å². The highest BCUT2D eigenvalue weighted by Gasteiger charge is 2.15. The summed E-state index contributed by atoms with van der Waals surface area (Å²) in [6.07, 6.45) is 26.4. The fourth-order valence-corrected chi connectivity index (χ4v) is 5.33. The van der Waals surface area contributed by atoms with E-state index in [1.165, 1.54) is 109 Å². The molecule has 0 heterocycles. The predicted molar refractivity (Wildman–Crippen MR) is 151 cm³/mol. The maximum atomic E-state index is 10.4. The average Bonchev–Trinajstić information content (AvgIpc) is 2.84. The van der Waals surface area contributed by atoms with Crippen molar-refractivity contribution in [1.82, 2.24) is 9.80 Å². The lowest BCUT2D eigenvalue weighted by Gasteiger charge is -2.27. The molecule has 35 heavy (non-hydrogen) atoms. The van der Waals surface area contributed by atoms with Crippen LogP contribution in [0, 0.1) is 0 Å². The molecule has 0 atom stereocenters. The van der Waals surface area contributed by atoms with Crippen molar-refractivity contribution in [3.05, 3.63) is 0 Å². The van der Waals surface area contributed by atoms with Gasteiger partial charge in [-0.05, 0) is 60.3 Å². The minimum absolute atomic E-state index is 0.167. The second-order valence-corrected chi connectivity index (χ2v) is 12.3. The number of hydrogen-bond acceptors (Lipinski definition) is 4. The van der Waals surface area contributed by atoms with Crippen molar-refractivity contribution in [2.45, 2.75) is 147 Å². The molecule has 0 spiro atoms. The van der Waals surface area contributed by atoms with Crippen LogP contribution in [0.15, 0.2) is 0 Å². The van der Waals surface area contributed by atoms with Gasteiger partial charge in [-0.2, -0.15) is 0 Å². The van der Waals surface area contributed by atoms with Crippen LogP contribution in [0.5, 0.6) is 0 Å². The Morgan fingerprint density at radius 1 is 0.629 bits per heavy atom. The summed E-state index contributed by atoms with van der Waals surface area (Å²) in [5, 5.41) is 0. The molecule has 2 saturated carbocycles. The first-order valence-electron chi connectivity index (χ1n) is 14.7. The van der Waals surface area contributed by atoms with E-state index in [9.17, 15) is 4.57 Å². The highest BCUT2D eigenvalue weighted by molar-refractivity contribution is 7.46. The molecular formula is C28H61N2O4P. The smallest absolute Gasteiger partial charge is 0.306 e. The van der Waals surface area contributed by atoms with Gasteiger partial charge in [-0.3, -0.25) is 4.52 Å². The standard InChI is InChI=1S/C12H27O4P.2C8H17N/c1-2-3-4-5-6-7-8-9-10-11-12-16-17(13,14)15;2*1-9(2)8-6-4-3-5-7-8/h2-12H2,1H3,(H2,13,14,15);2*8H,3-7H2,1-2H3. The van der Waals surface area contributed by atoms with Gasteiger partial charge in [0.25, 0.3) is 0 Å². The number of rotatable bonds is 14. The quantitative estimate of drug-likeness (QED) is 0.180. The molecular weight excluding hydrogens is 459 g/mol. The molecule has 0 aromatic rings. The summed E-state index contributed by atoms with van der Waals surface area (Å²) < 4.78 is 14.7. The second kappa shape index (κ2) is 23.2. The van der Waals surface area contributed by atoms with Gasteiger partial charge in [0.05, 0.1) is 6.61 Å². The molecule has 0 radical (unpaired) electrons. The average molecular weight is 521 g/mol. The maximum Gasteiger partial charge on any atom is 0.469 e. The van der Waals surface area contributed by atoms with Crippen LogP contribution < -0.4 is 0 Å². The van der Waals surface area contributed by atoms with E-state index in [-0.39, 0.29) is 6.61 Å². The van der Waals surface area contributed by atoms with Crippen molar-refractivity contribution in [2.75, 3.05) is 34.8 Å². The van der Waals surface area contributed by atoms with Crippen LogP contribution in [-0.2, 0) is 9.09 Å². The third-order valence-corrected chi connectivity index (χ3v) is 7.89. The normalized spacial score (nSPS) is 17.6. The number of phosphoric acid groups is 1. The predicted octanol–water partition coefficient (Wildman–Crippen LogP) is 7.78. The SMILES string of the molecule is CCCCCCCCCCCCOP(=O)(O)O.CN(C)C1CCCCC1.CN(C)C1CCCCC1. The number of hydrogen-bond donors (Lipinski definition) is 2. The Labute approximate surface area is 218 Å². The van der Waals surface area contributed by atoms with Gasteiger partial charge in [0.15, 0.2) is 0 Å². The fourth-order valence-electron chi connectivity index (χ4n) is 4.97. The largest absolute Gasteiger partial charge is 0.469 e. The minimum atomic E-state index is -4.24. The Kier molecular flexibility index (Phi) is 23.2. The molecule has 7 heteroatoms. The van der Waals surface area contributed by atoms with Gasteiger partial charge in [-0.1, -0.05) is 103 Å². The van der Waals surface area contributed by atoms with Gasteiger partial charge < -0.3 is 19.6 Å². The van der Waals surface area contributed by atoms with E-state index in [2.05, 4.69) is 49.4 Å². The summed E-state index contributed by atoms with van der Waals surface area (Å²) in [6.45, 7) is 2.39. The molecule has 6 nitrogen and oxygen atoms in total. The van der Waals surface area contributed by atoms with E-state index in [1.807, 2.05) is 0 Å². The molecule has 0 aliphatic heterocycles. The molecule has 0 unspecified atom stereocenters. The van der Waals surface area contributed by atoms with Crippen LogP contribution in [0.4, 0.5) is 0 Å². The molecule has 2 aliphatic rings. The molecule has 2 rings (SSSR count). The molecule has 2 fully saturated rings. The Hall–Kier alpha value is 0.0300. The van der Waals surface area contributed by atoms with Crippen molar-refractivity contribution < 1.29 is 18.9 Å². The summed E-state index contributed by atoms with van der Waals surface area (Å²) in [6, 6.07) is 1.78. The Morgan fingerprint density at radius 3 is 1.26 bits per heavy atom. The lowest BCUT2D eigenvalue weighted by Crippen LogP contribution is -2.29. The van der Waals surface area contributed by atoms with Gasteiger partial charge in [0.1, 0.15) is 0 Å². The number of nitrogens with zero attached hydrogens (tertiary/aromatic N) is 2. The lowest BCUT2D eigenvalue weighted by atomic mass is 9.95. The molecule has 0 saturated heterocycles. The summed E-state index contributed by atoms with van der Waals surface area (Å²) in [5.74, 6) is 0. The first-order chi connectivity index (χ1) is 16.7. The first kappa shape index (κ1) is 35.0. The number of phosphoric ester groups is 1. The van der Waals surface area contributed by atoms with Crippen molar-refractivity contribution >= 4 is 7.82 Å². The van der Waals surface area contributed by atoms with E-state index >= 15 is 0 Å². The zero-order valence-corrected chi connectivity index (χ0v) is 25.0. The van der Waals surface area contributed by atoms with Crippen molar-refractivity contribution in [2.24, 2.45) is 0 Å². The Balaban J connectivity index is 0.000000538. The van der Waals surface area contributed by atoms with Crippen LogP contribution >= 0.6 is 7.82 Å². The topological polar surface area (TPSA) is 73.2 Å². The summed E-state index contributed by atoms with van der Waals surface area (Å²) in [4.78, 5) is 21.6. The van der Waals surface area contributed by atoms with Crippen LogP contribution in [0.1, 0.15) is 135 Å². The molecule has 212 valence electrons. The third-order valence-electron chi connectivity index (χ3n) is 7.37. The Morgan fingerprint density at radius 2 is 0.971 bits per heavy atom. The van der Waals surface area contributed by atoms with Gasteiger partial charge in [-0.15, -0.1) is 0 Å². The van der Waals surface area contributed by atoms with E-state index in [4.69, 9.17) is 9.79 Å². The molecule has 0 bridgehead atoms. The van der Waals surface area contributed by atoms with Crippen LogP contribution in [0.3, 0.4) is 0 Å². The molecule has 2 N–H and O–H groups in total. The molecule has 2 aliphatic carbocycles. The van der Waals surface area contributed by atoms with Crippen LogP contribution in [0.25, 0.3) is 0 Å². The summed E-state index contributed by atoms with van der Waals surface area (Å²) in [5.41, 5.74) is 0. The van der Waals surface area contributed by atoms with Gasteiger partial charge in [0.2, 0.25) is 0 Å². The first-order valence-corrected chi connectivity index (χ1v) is 16.2. The lowest BCUT2D eigenvalue weighted by molar-refractivity contribution is 0.193. The van der Waals surface area contributed by atoms with E-state index in [1.54, 1.807) is 0 Å². The molecule has 0 aromatic heterocycles. The van der Waals surface area contributed by atoms with Crippen molar-refractivity contribution in [3.8, 4) is 0 Å². The zero-order chi connectivity index (χ0) is 26.4. The third kappa shape index (κ3) is 24.1. The van der Waals surface area contributed by atoms with Crippen molar-refractivity contribution in [3.63, 3.8) is 0 Å². The van der Waals surface area contributed by atoms with Crippen LogP contribution in [0.2, 0.25) is 0 Å². The highest BCUT2D eigenvalue weighted by Crippen LogP contribution is 2.35. The number of unbranched alkanes of at least 4 members (excludes halogenated alkanes) is 9. The Bertz CT molecular complexity index is 465. The molecule has 0 amide bonds. The minimum Gasteiger partial charge on any atom is -0.306 e. The van der Waals surface area contributed by atoms with Crippen molar-refractivity contribution in [1.29, 1.82) is 0 Å². The van der Waals surface area contributed by atoms with E-state index in [0.29, 0.717) is 0 Å². The van der Waals surface area contributed by atoms with Gasteiger partial charge in [0, 0.05) is 12.1 Å². The van der Waals surface area contributed by atoms with Gasteiger partial charge >= 0.3 is 7.82 Å². The van der Waals surface area contributed by atoms with Crippen LogP contribution in [-0.4, -0.2) is 66.5 Å². The van der Waals surface area contributed by atoms with E-state index < -0.39 is 7.82 Å². The fraction of sp³-hybridized carbons (Fsp3) is 1.00. The highest BCUT2D eigenvalue weighted by atomic mass is 31.2. The summed E-state index contributed by atoms with van der Waals surface area (Å²) in [7, 11) is 4.52. The monoisotopic (exact) mass is 520 g/mol. The second-order valence-electron chi connectivity index (χ2n) is 11.0. The zero-order valence-electron chi connectivity index (χ0n) is 24.1. The maximum absolute atomic E-state index is 10.4.